The molecule has 47 heavy (non-hydrogen) atoms. The molecule has 1 aliphatic rings. The number of nitrogens with one attached hydrogen (secondary N) is 2. The van der Waals surface area contributed by atoms with Gasteiger partial charge in [-0.2, -0.15) is 11.8 Å². The van der Waals surface area contributed by atoms with Crippen LogP contribution in [0.5, 0.6) is 0 Å². The van der Waals surface area contributed by atoms with Gasteiger partial charge in [0.25, 0.3) is 0 Å². The minimum Gasteiger partial charge on any atom is -0.391 e. The number of thiazole rings is 1. The number of hydrogen-bond donors (Lipinski definition) is 5. The predicted molar refractivity (Wildman–Crippen MR) is 193 cm³/mol. The number of thioether (sulfide) groups is 1. The topological polar surface area (TPSA) is 164 Å². The van der Waals surface area contributed by atoms with Crippen molar-refractivity contribution in [3.05, 3.63) is 41.0 Å². The van der Waals surface area contributed by atoms with Crippen LogP contribution in [-0.2, 0) is 20.9 Å². The quantitative estimate of drug-likeness (QED) is 0.120. The number of nitrogens with two attached hydrogens (primary N) is 2. The summed E-state index contributed by atoms with van der Waals surface area (Å²) in [5.41, 5.74) is 16.0. The van der Waals surface area contributed by atoms with Crippen LogP contribution in [0.2, 0.25) is 0 Å². The smallest absolute Gasteiger partial charge is 0.247 e. The zero-order valence-electron chi connectivity index (χ0n) is 28.5. The molecule has 0 unspecified atom stereocenters. The Morgan fingerprint density at radius 1 is 1.02 bits per heavy atom. The van der Waals surface area contributed by atoms with Gasteiger partial charge in [0, 0.05) is 30.7 Å². The molecule has 12 heteroatoms. The lowest BCUT2D eigenvalue weighted by Gasteiger charge is -2.37. The van der Waals surface area contributed by atoms with E-state index in [2.05, 4.69) is 15.6 Å². The zero-order valence-corrected chi connectivity index (χ0v) is 30.1. The van der Waals surface area contributed by atoms with Gasteiger partial charge in [0.05, 0.1) is 22.2 Å². The van der Waals surface area contributed by atoms with Gasteiger partial charge in [-0.05, 0) is 76.4 Å². The van der Waals surface area contributed by atoms with E-state index in [-0.39, 0.29) is 30.7 Å². The summed E-state index contributed by atoms with van der Waals surface area (Å²) < 4.78 is -0.630. The number of amides is 3. The van der Waals surface area contributed by atoms with Crippen LogP contribution in [0.4, 0.5) is 0 Å². The predicted octanol–water partition coefficient (Wildman–Crippen LogP) is 4.51. The first kappa shape index (κ1) is 38.9. The first-order valence-electron chi connectivity index (χ1n) is 17.2. The summed E-state index contributed by atoms with van der Waals surface area (Å²) in [6.07, 6.45) is 8.51. The second-order valence-electron chi connectivity index (χ2n) is 13.0. The molecular formula is C35H56N6O4S2. The highest BCUT2D eigenvalue weighted by Gasteiger charge is 2.46. The molecule has 2 aromatic rings. The fourth-order valence-corrected chi connectivity index (χ4v) is 7.89. The number of β-amino-alcohol motifs (C(OH)–C–C–N with tert-alkyl or cyclic N) is 1. The lowest BCUT2D eigenvalue weighted by Crippen LogP contribution is -2.59. The SMILES string of the molecule is Cc1ncsc1-c1ccc(CNC(=O)[C@@H]2C[C@@H](O)CN2C(=O)[C@@H](NC(=O)CCCCCCCN)C(C)(C)SCCCCCCN)cc1. The van der Waals surface area contributed by atoms with Crippen LogP contribution in [0.15, 0.2) is 29.8 Å². The number of aliphatic hydroxyl groups excluding tert-OH is 1. The molecule has 0 spiro atoms. The summed E-state index contributed by atoms with van der Waals surface area (Å²) in [6, 6.07) is 6.31. The van der Waals surface area contributed by atoms with E-state index in [0.717, 1.165) is 85.2 Å². The molecule has 10 nitrogen and oxygen atoms in total. The number of aliphatic hydroxyl groups is 1. The van der Waals surface area contributed by atoms with E-state index in [4.69, 9.17) is 11.5 Å². The molecule has 7 N–H and O–H groups in total. The summed E-state index contributed by atoms with van der Waals surface area (Å²) in [6.45, 7) is 7.65. The average Bonchev–Trinajstić information content (AvgIpc) is 3.67. The van der Waals surface area contributed by atoms with E-state index in [1.165, 1.54) is 4.90 Å². The Morgan fingerprint density at radius 3 is 2.30 bits per heavy atom. The maximum absolute atomic E-state index is 14.2. The third kappa shape index (κ3) is 12.5. The van der Waals surface area contributed by atoms with Crippen molar-refractivity contribution < 1.29 is 19.5 Å². The Hall–Kier alpha value is -2.51. The number of carbonyl (C=O) groups is 3. The molecule has 1 saturated heterocycles. The Kier molecular flexibility index (Phi) is 16.7. The van der Waals surface area contributed by atoms with Crippen molar-refractivity contribution in [3.8, 4) is 10.4 Å². The maximum Gasteiger partial charge on any atom is 0.247 e. The summed E-state index contributed by atoms with van der Waals surface area (Å²) >= 11 is 3.25. The summed E-state index contributed by atoms with van der Waals surface area (Å²) in [4.78, 5) is 47.8. The van der Waals surface area contributed by atoms with Crippen LogP contribution in [0.3, 0.4) is 0 Å². The summed E-state index contributed by atoms with van der Waals surface area (Å²) in [7, 11) is 0. The van der Waals surface area contributed by atoms with Crippen LogP contribution in [0, 0.1) is 6.92 Å². The number of aryl methyl sites for hydroxylation is 1. The standard InChI is InChI=1S/C35H56N6O4S2/c1-25-31(46-24-39-25)27-16-14-26(15-17-27)22-38-33(44)29-21-28(42)23-41(29)34(45)32(35(2,3)47-20-12-8-7-11-19-37)40-30(43)13-9-5-4-6-10-18-36/h14-17,24,28-29,32,42H,4-13,18-23,36-37H2,1-3H3,(H,38,44)(H,40,43)/t28-,29+,32-/m1/s1. The first-order valence-corrected chi connectivity index (χ1v) is 19.0. The van der Waals surface area contributed by atoms with Crippen LogP contribution in [0.25, 0.3) is 10.4 Å². The highest BCUT2D eigenvalue weighted by Crippen LogP contribution is 2.33. The summed E-state index contributed by atoms with van der Waals surface area (Å²) in [5, 5.41) is 16.6. The van der Waals surface area contributed by atoms with E-state index in [9.17, 15) is 19.5 Å². The second-order valence-corrected chi connectivity index (χ2v) is 15.6. The van der Waals surface area contributed by atoms with Crippen LogP contribution < -0.4 is 22.1 Å². The number of unbranched alkanes of at least 4 members (excludes halogenated alkanes) is 7. The molecule has 0 saturated carbocycles. The first-order chi connectivity index (χ1) is 22.6. The minimum atomic E-state index is -0.843. The molecule has 1 aliphatic heterocycles. The Labute approximate surface area is 289 Å². The van der Waals surface area contributed by atoms with Crippen molar-refractivity contribution in [1.82, 2.24) is 20.5 Å². The van der Waals surface area contributed by atoms with Gasteiger partial charge in [0.2, 0.25) is 17.7 Å². The number of likely N-dealkylation sites (tertiary alicyclic amines) is 1. The number of aromatic nitrogens is 1. The number of nitrogens with zero attached hydrogens (tertiary/aromatic N) is 2. The van der Waals surface area contributed by atoms with E-state index >= 15 is 0 Å². The average molecular weight is 689 g/mol. The van der Waals surface area contributed by atoms with E-state index in [1.807, 2.05) is 50.5 Å². The molecule has 3 atom stereocenters. The highest BCUT2D eigenvalue weighted by atomic mass is 32.2. The number of carbonyl (C=O) groups excluding carboxylic acids is 3. The molecule has 3 amide bonds. The van der Waals surface area contributed by atoms with Gasteiger partial charge in [-0.25, -0.2) is 4.98 Å². The Balaban J connectivity index is 1.66. The van der Waals surface area contributed by atoms with Crippen molar-refractivity contribution in [2.24, 2.45) is 11.5 Å². The molecule has 0 radical (unpaired) electrons. The third-order valence-corrected chi connectivity index (χ3v) is 11.2. The van der Waals surface area contributed by atoms with Crippen LogP contribution in [-0.4, -0.2) is 81.0 Å². The number of hydrogen-bond acceptors (Lipinski definition) is 9. The summed E-state index contributed by atoms with van der Waals surface area (Å²) in [5.74, 6) is 0.0244. The van der Waals surface area contributed by atoms with E-state index in [0.29, 0.717) is 26.1 Å². The van der Waals surface area contributed by atoms with Crippen molar-refractivity contribution >= 4 is 40.8 Å². The van der Waals surface area contributed by atoms with Gasteiger partial charge < -0.3 is 32.1 Å². The van der Waals surface area contributed by atoms with Crippen molar-refractivity contribution in [2.75, 3.05) is 25.4 Å². The van der Waals surface area contributed by atoms with Gasteiger partial charge >= 0.3 is 0 Å². The molecule has 1 aromatic heterocycles. The van der Waals surface area contributed by atoms with E-state index < -0.39 is 22.9 Å². The molecular weight excluding hydrogens is 633 g/mol. The molecule has 2 heterocycles. The van der Waals surface area contributed by atoms with E-state index in [1.54, 1.807) is 23.1 Å². The fraction of sp³-hybridized carbons (Fsp3) is 0.657. The molecule has 3 rings (SSSR count). The van der Waals surface area contributed by atoms with Crippen molar-refractivity contribution in [1.29, 1.82) is 0 Å². The number of rotatable bonds is 21. The lowest BCUT2D eigenvalue weighted by atomic mass is 10.00. The third-order valence-electron chi connectivity index (χ3n) is 8.72. The molecule has 262 valence electrons. The largest absolute Gasteiger partial charge is 0.391 e. The second kappa shape index (κ2) is 20.1. The molecule has 0 bridgehead atoms. The number of benzene rings is 1. The molecule has 0 aliphatic carbocycles. The molecule has 1 aromatic carbocycles. The lowest BCUT2D eigenvalue weighted by molar-refractivity contribution is -0.142. The fourth-order valence-electron chi connectivity index (χ4n) is 5.88. The molecule has 1 fully saturated rings. The highest BCUT2D eigenvalue weighted by molar-refractivity contribution is 8.00. The maximum atomic E-state index is 14.2. The van der Waals surface area contributed by atoms with Gasteiger partial charge in [-0.3, -0.25) is 14.4 Å². The zero-order chi connectivity index (χ0) is 34.2. The normalized spacial score (nSPS) is 17.1. The minimum absolute atomic E-state index is 0.0488. The monoisotopic (exact) mass is 688 g/mol. The Bertz CT molecular complexity index is 1250. The van der Waals surface area contributed by atoms with Crippen LogP contribution in [0.1, 0.15) is 95.7 Å². The van der Waals surface area contributed by atoms with Gasteiger partial charge in [0.1, 0.15) is 12.1 Å². The Morgan fingerprint density at radius 2 is 1.66 bits per heavy atom. The van der Waals surface area contributed by atoms with Gasteiger partial charge in [-0.15, -0.1) is 11.3 Å². The van der Waals surface area contributed by atoms with Crippen LogP contribution >= 0.6 is 23.1 Å². The van der Waals surface area contributed by atoms with Gasteiger partial charge in [0.15, 0.2) is 0 Å². The van der Waals surface area contributed by atoms with Crippen molar-refractivity contribution in [2.45, 2.75) is 121 Å². The van der Waals surface area contributed by atoms with Crippen molar-refractivity contribution in [3.63, 3.8) is 0 Å². The van der Waals surface area contributed by atoms with Gasteiger partial charge in [-0.1, -0.05) is 56.4 Å².